The number of ether oxygens (including phenoxy) is 2. The number of anilines is 1. The van der Waals surface area contributed by atoms with Gasteiger partial charge in [-0.3, -0.25) is 4.90 Å². The molecule has 1 atom stereocenters. The number of β-amino-alcohol motifs (C(OH)–C–C–N with tert-alkyl or cyclic N) is 1. The van der Waals surface area contributed by atoms with Gasteiger partial charge in [0.15, 0.2) is 0 Å². The van der Waals surface area contributed by atoms with Gasteiger partial charge in [-0.25, -0.2) is 0 Å². The first-order valence-corrected chi connectivity index (χ1v) is 11.3. The van der Waals surface area contributed by atoms with Crippen LogP contribution in [-0.4, -0.2) is 68.7 Å². The van der Waals surface area contributed by atoms with E-state index in [1.54, 1.807) is 7.11 Å². The quantitative estimate of drug-likeness (QED) is 0.749. The van der Waals surface area contributed by atoms with Crippen LogP contribution in [0.25, 0.3) is 0 Å². The Balaban J connectivity index is 1.33. The van der Waals surface area contributed by atoms with Crippen molar-refractivity contribution in [2.24, 2.45) is 11.3 Å². The zero-order valence-corrected chi connectivity index (χ0v) is 18.8. The fourth-order valence-corrected chi connectivity index (χ4v) is 4.68. The Labute approximate surface area is 177 Å². The van der Waals surface area contributed by atoms with E-state index in [4.69, 9.17) is 9.47 Å². The van der Waals surface area contributed by atoms with Gasteiger partial charge in [-0.15, -0.1) is 0 Å². The predicted octanol–water partition coefficient (Wildman–Crippen LogP) is 3.80. The second kappa shape index (κ2) is 10.1. The van der Waals surface area contributed by atoms with Crippen molar-refractivity contribution in [1.29, 1.82) is 0 Å². The average Bonchev–Trinajstić information content (AvgIpc) is 2.72. The lowest BCUT2D eigenvalue weighted by atomic mass is 9.72. The zero-order chi connectivity index (χ0) is 20.9. The summed E-state index contributed by atoms with van der Waals surface area (Å²) in [5, 5.41) is 10.5. The summed E-state index contributed by atoms with van der Waals surface area (Å²) in [5.74, 6) is 1.69. The molecule has 0 spiro atoms. The van der Waals surface area contributed by atoms with Crippen molar-refractivity contribution in [3.8, 4) is 5.75 Å². The highest BCUT2D eigenvalue weighted by Crippen LogP contribution is 2.38. The molecule has 1 aromatic carbocycles. The molecule has 0 aromatic heterocycles. The highest BCUT2D eigenvalue weighted by molar-refractivity contribution is 5.49. The van der Waals surface area contributed by atoms with Crippen molar-refractivity contribution in [3.05, 3.63) is 24.3 Å². The minimum Gasteiger partial charge on any atom is -0.497 e. The molecule has 1 saturated heterocycles. The smallest absolute Gasteiger partial charge is 0.119 e. The number of aliphatic hydroxyl groups is 1. The fraction of sp³-hybridized carbons (Fsp3) is 0.750. The maximum Gasteiger partial charge on any atom is 0.119 e. The molecule has 1 heterocycles. The first-order chi connectivity index (χ1) is 13.8. The number of hydrogen-bond acceptors (Lipinski definition) is 5. The van der Waals surface area contributed by atoms with Gasteiger partial charge < -0.3 is 19.5 Å². The molecule has 1 aromatic rings. The SMILES string of the molecule is COc1ccc(N2CCN(CC(O)COC3CCC(C(C)(C)C)CC3)CC2)cc1. The third-order valence-electron chi connectivity index (χ3n) is 6.70. The molecule has 29 heavy (non-hydrogen) atoms. The van der Waals surface area contributed by atoms with E-state index < -0.39 is 6.10 Å². The molecule has 0 radical (unpaired) electrons. The normalized spacial score (nSPS) is 25.1. The van der Waals surface area contributed by atoms with E-state index in [1.807, 2.05) is 12.1 Å². The lowest BCUT2D eigenvalue weighted by molar-refractivity contribution is -0.0446. The molecule has 1 N–H and O–H groups in total. The summed E-state index contributed by atoms with van der Waals surface area (Å²) in [7, 11) is 1.69. The Bertz CT molecular complexity index is 598. The van der Waals surface area contributed by atoms with Crippen LogP contribution in [0.5, 0.6) is 5.75 Å². The molecule has 0 bridgehead atoms. The van der Waals surface area contributed by atoms with E-state index in [1.165, 1.54) is 18.5 Å². The Morgan fingerprint density at radius 3 is 2.17 bits per heavy atom. The van der Waals surface area contributed by atoms with Crippen LogP contribution in [-0.2, 0) is 4.74 Å². The van der Waals surface area contributed by atoms with E-state index >= 15 is 0 Å². The van der Waals surface area contributed by atoms with Crippen LogP contribution in [0.1, 0.15) is 46.5 Å². The first kappa shape index (κ1) is 22.4. The maximum atomic E-state index is 10.5. The molecular formula is C24H40N2O3. The van der Waals surface area contributed by atoms with Crippen LogP contribution in [0.3, 0.4) is 0 Å². The van der Waals surface area contributed by atoms with Crippen LogP contribution in [0.15, 0.2) is 24.3 Å². The van der Waals surface area contributed by atoms with Crippen LogP contribution in [0.2, 0.25) is 0 Å². The first-order valence-electron chi connectivity index (χ1n) is 11.3. The van der Waals surface area contributed by atoms with Crippen LogP contribution >= 0.6 is 0 Å². The summed E-state index contributed by atoms with van der Waals surface area (Å²) in [4.78, 5) is 4.75. The summed E-state index contributed by atoms with van der Waals surface area (Å²) in [5.41, 5.74) is 1.64. The molecule has 1 aliphatic heterocycles. The van der Waals surface area contributed by atoms with Crippen LogP contribution in [0, 0.1) is 11.3 Å². The molecule has 0 amide bonds. The van der Waals surface area contributed by atoms with Crippen molar-refractivity contribution < 1.29 is 14.6 Å². The Hall–Kier alpha value is -1.30. The van der Waals surface area contributed by atoms with Gasteiger partial charge in [0, 0.05) is 38.4 Å². The molecule has 5 nitrogen and oxygen atoms in total. The molecule has 1 unspecified atom stereocenters. The van der Waals surface area contributed by atoms with E-state index in [2.05, 4.69) is 42.7 Å². The van der Waals surface area contributed by atoms with Crippen LogP contribution in [0.4, 0.5) is 5.69 Å². The van der Waals surface area contributed by atoms with Gasteiger partial charge in [-0.2, -0.15) is 0 Å². The Kier molecular flexibility index (Phi) is 7.83. The summed E-state index contributed by atoms with van der Waals surface area (Å²) in [6, 6.07) is 8.26. The Morgan fingerprint density at radius 2 is 1.62 bits per heavy atom. The van der Waals surface area contributed by atoms with Gasteiger partial charge in [0.1, 0.15) is 5.75 Å². The number of hydrogen-bond donors (Lipinski definition) is 1. The zero-order valence-electron chi connectivity index (χ0n) is 18.8. The number of rotatable bonds is 7. The summed E-state index contributed by atoms with van der Waals surface area (Å²) in [6.07, 6.45) is 4.69. The highest BCUT2D eigenvalue weighted by Gasteiger charge is 2.30. The standard InChI is InChI=1S/C24H40N2O3/c1-24(2,3)19-5-9-23(10-6-19)29-18-21(27)17-25-13-15-26(16-14-25)20-7-11-22(28-4)12-8-20/h7-8,11-12,19,21,23,27H,5-6,9-10,13-18H2,1-4H3. The summed E-state index contributed by atoms with van der Waals surface area (Å²) in [6.45, 7) is 12.1. The van der Waals surface area contributed by atoms with Gasteiger partial charge >= 0.3 is 0 Å². The number of methoxy groups -OCH3 is 1. The third-order valence-corrected chi connectivity index (χ3v) is 6.70. The number of benzene rings is 1. The lowest BCUT2D eigenvalue weighted by Gasteiger charge is -2.38. The fourth-order valence-electron chi connectivity index (χ4n) is 4.68. The molecule has 2 aliphatic rings. The number of nitrogens with zero attached hydrogens (tertiary/aromatic N) is 2. The molecule has 3 rings (SSSR count). The van der Waals surface area contributed by atoms with Gasteiger partial charge in [-0.05, 0) is 61.3 Å². The molecule has 2 fully saturated rings. The van der Waals surface area contributed by atoms with Crippen molar-refractivity contribution in [3.63, 3.8) is 0 Å². The van der Waals surface area contributed by atoms with Gasteiger partial charge in [-0.1, -0.05) is 20.8 Å². The summed E-state index contributed by atoms with van der Waals surface area (Å²) >= 11 is 0. The lowest BCUT2D eigenvalue weighted by Crippen LogP contribution is -2.49. The molecule has 1 aliphatic carbocycles. The molecule has 1 saturated carbocycles. The second-order valence-electron chi connectivity index (χ2n) is 9.81. The average molecular weight is 405 g/mol. The monoisotopic (exact) mass is 404 g/mol. The molecule has 5 heteroatoms. The van der Waals surface area contributed by atoms with Crippen molar-refractivity contribution >= 4 is 5.69 Å². The predicted molar refractivity (Wildman–Crippen MR) is 119 cm³/mol. The number of piperazine rings is 1. The summed E-state index contributed by atoms with van der Waals surface area (Å²) < 4.78 is 11.3. The Morgan fingerprint density at radius 1 is 1.00 bits per heavy atom. The number of aliphatic hydroxyl groups excluding tert-OH is 1. The van der Waals surface area contributed by atoms with E-state index in [0.717, 1.165) is 50.7 Å². The van der Waals surface area contributed by atoms with Crippen molar-refractivity contribution in [2.75, 3.05) is 51.3 Å². The van der Waals surface area contributed by atoms with Gasteiger partial charge in [0.2, 0.25) is 0 Å². The van der Waals surface area contributed by atoms with Crippen molar-refractivity contribution in [1.82, 2.24) is 4.90 Å². The molecular weight excluding hydrogens is 364 g/mol. The van der Waals surface area contributed by atoms with Crippen molar-refractivity contribution in [2.45, 2.75) is 58.7 Å². The van der Waals surface area contributed by atoms with Crippen LogP contribution < -0.4 is 9.64 Å². The van der Waals surface area contributed by atoms with Gasteiger partial charge in [0.05, 0.1) is 25.9 Å². The topological polar surface area (TPSA) is 45.2 Å². The minimum atomic E-state index is -0.400. The van der Waals surface area contributed by atoms with E-state index in [0.29, 0.717) is 24.7 Å². The molecule has 164 valence electrons. The second-order valence-corrected chi connectivity index (χ2v) is 9.81. The third kappa shape index (κ3) is 6.59. The highest BCUT2D eigenvalue weighted by atomic mass is 16.5. The van der Waals surface area contributed by atoms with E-state index in [-0.39, 0.29) is 0 Å². The van der Waals surface area contributed by atoms with E-state index in [9.17, 15) is 5.11 Å². The largest absolute Gasteiger partial charge is 0.497 e. The minimum absolute atomic E-state index is 0.329. The van der Waals surface area contributed by atoms with Gasteiger partial charge in [0.25, 0.3) is 0 Å². The maximum absolute atomic E-state index is 10.5.